The van der Waals surface area contributed by atoms with Gasteiger partial charge >= 0.3 is 0 Å². The Bertz CT molecular complexity index is 1500. The highest BCUT2D eigenvalue weighted by molar-refractivity contribution is 6.30. The van der Waals surface area contributed by atoms with Crippen LogP contribution in [0.5, 0.6) is 0 Å². The smallest absolute Gasteiger partial charge is 0.262 e. The molecule has 2 aromatic heterocycles. The van der Waals surface area contributed by atoms with Gasteiger partial charge in [0.25, 0.3) is 5.56 Å². The van der Waals surface area contributed by atoms with Crippen LogP contribution in [0.4, 0.5) is 0 Å². The zero-order chi connectivity index (χ0) is 20.2. The number of benzene rings is 3. The van der Waals surface area contributed by atoms with Gasteiger partial charge in [-0.3, -0.25) is 4.79 Å². The Kier molecular flexibility index (Phi) is 3.83. The molecule has 3 aromatic carbocycles. The lowest BCUT2D eigenvalue weighted by molar-refractivity contribution is 0.619. The second-order valence-corrected chi connectivity index (χ2v) is 8.14. The first-order chi connectivity index (χ1) is 14.7. The SMILES string of the molecule is O=c1c2c(-c3ccccc3)nn(-c3cccc(Cl)c3)c2c2cccc3c2n1CCC3. The van der Waals surface area contributed by atoms with Gasteiger partial charge in [-0.05, 0) is 36.6 Å². The van der Waals surface area contributed by atoms with Crippen molar-refractivity contribution in [2.75, 3.05) is 0 Å². The first kappa shape index (κ1) is 17.5. The van der Waals surface area contributed by atoms with Crippen molar-refractivity contribution in [2.24, 2.45) is 0 Å². The minimum Gasteiger partial charge on any atom is -0.307 e. The monoisotopic (exact) mass is 411 g/mol. The summed E-state index contributed by atoms with van der Waals surface area (Å²) in [7, 11) is 0. The van der Waals surface area contributed by atoms with Crippen LogP contribution in [0.3, 0.4) is 0 Å². The second-order valence-electron chi connectivity index (χ2n) is 7.70. The molecule has 0 radical (unpaired) electrons. The fourth-order valence-electron chi connectivity index (χ4n) is 4.64. The van der Waals surface area contributed by atoms with Crippen LogP contribution in [0.1, 0.15) is 12.0 Å². The summed E-state index contributed by atoms with van der Waals surface area (Å²) in [5, 5.41) is 7.30. The second kappa shape index (κ2) is 6.57. The summed E-state index contributed by atoms with van der Waals surface area (Å²) in [5.74, 6) is 0. The lowest BCUT2D eigenvalue weighted by atomic mass is 9.98. The van der Waals surface area contributed by atoms with Gasteiger partial charge in [0, 0.05) is 22.5 Å². The highest BCUT2D eigenvalue weighted by atomic mass is 35.5. The van der Waals surface area contributed by atoms with E-state index in [1.54, 1.807) is 0 Å². The number of hydrogen-bond donors (Lipinski definition) is 0. The quantitative estimate of drug-likeness (QED) is 0.379. The molecule has 0 N–H and O–H groups in total. The van der Waals surface area contributed by atoms with Crippen LogP contribution in [0, 0.1) is 0 Å². The molecule has 0 atom stereocenters. The molecular formula is C25H18ClN3O. The predicted octanol–water partition coefficient (Wildman–Crippen LogP) is 5.61. The summed E-state index contributed by atoms with van der Waals surface area (Å²) < 4.78 is 3.82. The van der Waals surface area contributed by atoms with E-state index in [4.69, 9.17) is 16.7 Å². The van der Waals surface area contributed by atoms with Crippen molar-refractivity contribution in [3.05, 3.63) is 93.7 Å². The maximum Gasteiger partial charge on any atom is 0.262 e. The zero-order valence-electron chi connectivity index (χ0n) is 16.2. The van der Waals surface area contributed by atoms with Gasteiger partial charge in [0.05, 0.1) is 22.1 Å². The Balaban J connectivity index is 1.85. The molecule has 146 valence electrons. The van der Waals surface area contributed by atoms with Crippen LogP contribution in [0.15, 0.2) is 77.6 Å². The zero-order valence-corrected chi connectivity index (χ0v) is 16.9. The van der Waals surface area contributed by atoms with Gasteiger partial charge in [0.2, 0.25) is 0 Å². The maximum atomic E-state index is 13.7. The van der Waals surface area contributed by atoms with E-state index in [-0.39, 0.29) is 5.56 Å². The Morgan fingerprint density at radius 2 is 1.73 bits per heavy atom. The molecule has 0 fully saturated rings. The largest absolute Gasteiger partial charge is 0.307 e. The third kappa shape index (κ3) is 2.47. The van der Waals surface area contributed by atoms with E-state index in [9.17, 15) is 4.79 Å². The lowest BCUT2D eigenvalue weighted by Gasteiger charge is -2.20. The normalized spacial score (nSPS) is 13.2. The first-order valence-electron chi connectivity index (χ1n) is 10.1. The predicted molar refractivity (Wildman–Crippen MR) is 122 cm³/mol. The molecule has 1 aliphatic rings. The number of halogens is 1. The number of pyridine rings is 1. The van der Waals surface area contributed by atoms with Gasteiger partial charge in [-0.15, -0.1) is 0 Å². The van der Waals surface area contributed by atoms with Crippen LogP contribution in [0.2, 0.25) is 5.02 Å². The van der Waals surface area contributed by atoms with E-state index in [1.807, 2.05) is 63.8 Å². The van der Waals surface area contributed by atoms with Gasteiger partial charge in [0.15, 0.2) is 0 Å². The molecule has 0 saturated carbocycles. The third-order valence-corrected chi connectivity index (χ3v) is 6.15. The fourth-order valence-corrected chi connectivity index (χ4v) is 4.83. The summed E-state index contributed by atoms with van der Waals surface area (Å²) in [5.41, 5.74) is 5.60. The fraction of sp³-hybridized carbons (Fsp3) is 0.120. The minimum atomic E-state index is 0.0248. The van der Waals surface area contributed by atoms with E-state index >= 15 is 0 Å². The third-order valence-electron chi connectivity index (χ3n) is 5.92. The number of para-hydroxylation sites is 1. The molecule has 0 amide bonds. The molecule has 0 aliphatic carbocycles. The van der Waals surface area contributed by atoms with Crippen molar-refractivity contribution < 1.29 is 0 Å². The minimum absolute atomic E-state index is 0.0248. The van der Waals surface area contributed by atoms with Crippen LogP contribution >= 0.6 is 11.6 Å². The van der Waals surface area contributed by atoms with Crippen molar-refractivity contribution in [1.82, 2.24) is 14.3 Å². The lowest BCUT2D eigenvalue weighted by Crippen LogP contribution is -2.25. The highest BCUT2D eigenvalue weighted by Gasteiger charge is 2.24. The molecule has 1 aliphatic heterocycles. The van der Waals surface area contributed by atoms with E-state index in [0.29, 0.717) is 16.1 Å². The van der Waals surface area contributed by atoms with E-state index in [1.165, 1.54) is 5.56 Å². The molecule has 0 unspecified atom stereocenters. The Morgan fingerprint density at radius 1 is 0.900 bits per heavy atom. The number of fused-ring (bicyclic) bond motifs is 2. The summed E-state index contributed by atoms with van der Waals surface area (Å²) in [6, 6.07) is 23.8. The Morgan fingerprint density at radius 3 is 2.57 bits per heavy atom. The van der Waals surface area contributed by atoms with Crippen molar-refractivity contribution in [2.45, 2.75) is 19.4 Å². The van der Waals surface area contributed by atoms with Gasteiger partial charge in [0.1, 0.15) is 5.69 Å². The molecule has 6 rings (SSSR count). The average Bonchev–Trinajstić information content (AvgIpc) is 3.19. The maximum absolute atomic E-state index is 13.7. The van der Waals surface area contributed by atoms with Crippen LogP contribution < -0.4 is 5.56 Å². The van der Waals surface area contributed by atoms with Gasteiger partial charge < -0.3 is 4.57 Å². The topological polar surface area (TPSA) is 39.8 Å². The van der Waals surface area contributed by atoms with E-state index < -0.39 is 0 Å². The number of rotatable bonds is 2. The number of aryl methyl sites for hydroxylation is 2. The van der Waals surface area contributed by atoms with Crippen molar-refractivity contribution >= 4 is 33.4 Å². The van der Waals surface area contributed by atoms with Gasteiger partial charge in [-0.2, -0.15) is 5.10 Å². The number of aromatic nitrogens is 3. The molecule has 0 saturated heterocycles. The van der Waals surface area contributed by atoms with Crippen LogP contribution in [-0.2, 0) is 13.0 Å². The van der Waals surface area contributed by atoms with E-state index in [2.05, 4.69) is 18.2 Å². The molecule has 5 heteroatoms. The number of hydrogen-bond acceptors (Lipinski definition) is 2. The molecular weight excluding hydrogens is 394 g/mol. The van der Waals surface area contributed by atoms with Crippen molar-refractivity contribution in [3.63, 3.8) is 0 Å². The molecule has 4 nitrogen and oxygen atoms in total. The van der Waals surface area contributed by atoms with Crippen LogP contribution in [0.25, 0.3) is 38.8 Å². The summed E-state index contributed by atoms with van der Waals surface area (Å²) in [4.78, 5) is 13.7. The highest BCUT2D eigenvalue weighted by Crippen LogP contribution is 2.35. The van der Waals surface area contributed by atoms with Gasteiger partial charge in [-0.1, -0.05) is 66.2 Å². The summed E-state index contributed by atoms with van der Waals surface area (Å²) >= 11 is 6.29. The number of nitrogens with zero attached hydrogens (tertiary/aromatic N) is 3. The van der Waals surface area contributed by atoms with E-state index in [0.717, 1.165) is 47.1 Å². The standard InChI is InChI=1S/C25H18ClN3O/c26-18-11-5-12-19(15-18)29-24-20-13-4-9-17-10-6-14-28(23(17)20)25(30)21(24)22(27-29)16-7-2-1-3-8-16/h1-5,7-9,11-13,15H,6,10,14H2. The molecule has 0 bridgehead atoms. The Labute approximate surface area is 177 Å². The Hall–Kier alpha value is -3.37. The molecule has 30 heavy (non-hydrogen) atoms. The molecule has 5 aromatic rings. The van der Waals surface area contributed by atoms with Gasteiger partial charge in [-0.25, -0.2) is 4.68 Å². The molecule has 3 heterocycles. The first-order valence-corrected chi connectivity index (χ1v) is 10.5. The van der Waals surface area contributed by atoms with Crippen LogP contribution in [-0.4, -0.2) is 14.3 Å². The van der Waals surface area contributed by atoms with Crippen molar-refractivity contribution in [3.8, 4) is 16.9 Å². The summed E-state index contributed by atoms with van der Waals surface area (Å²) in [6.07, 6.45) is 1.96. The average molecular weight is 412 g/mol. The molecule has 0 spiro atoms. The summed E-state index contributed by atoms with van der Waals surface area (Å²) in [6.45, 7) is 0.735. The van der Waals surface area contributed by atoms with Crippen molar-refractivity contribution in [1.29, 1.82) is 0 Å².